The lowest BCUT2D eigenvalue weighted by Gasteiger charge is -2.28. The average molecular weight is 414 g/mol. The van der Waals surface area contributed by atoms with Gasteiger partial charge in [0, 0.05) is 49.3 Å². The van der Waals surface area contributed by atoms with E-state index in [9.17, 15) is 0 Å². The Morgan fingerprint density at radius 1 is 1.00 bits per heavy atom. The lowest BCUT2D eigenvalue weighted by Crippen LogP contribution is -2.36. The molecule has 1 saturated heterocycles. The summed E-state index contributed by atoms with van der Waals surface area (Å²) in [6.45, 7) is 3.21. The molecular formula is C22H22N8O. The molecule has 4 heterocycles. The number of aromatic nitrogens is 6. The zero-order chi connectivity index (χ0) is 21.0. The molecule has 4 aromatic rings. The van der Waals surface area contributed by atoms with E-state index in [0.29, 0.717) is 5.95 Å². The topological polar surface area (TPSA) is 93.9 Å². The van der Waals surface area contributed by atoms with Gasteiger partial charge in [-0.2, -0.15) is 0 Å². The third kappa shape index (κ3) is 4.22. The molecule has 3 aromatic heterocycles. The van der Waals surface area contributed by atoms with Crippen molar-refractivity contribution in [3.63, 3.8) is 0 Å². The van der Waals surface area contributed by atoms with Gasteiger partial charge in [-0.25, -0.2) is 9.97 Å². The Labute approximate surface area is 179 Å². The van der Waals surface area contributed by atoms with Crippen LogP contribution in [0.2, 0.25) is 0 Å². The van der Waals surface area contributed by atoms with E-state index in [1.54, 1.807) is 12.5 Å². The Kier molecular flexibility index (Phi) is 5.24. The van der Waals surface area contributed by atoms with Crippen molar-refractivity contribution in [3.8, 4) is 22.6 Å². The maximum absolute atomic E-state index is 5.44. The lowest BCUT2D eigenvalue weighted by atomic mass is 10.2. The lowest BCUT2D eigenvalue weighted by molar-refractivity contribution is 0.122. The van der Waals surface area contributed by atoms with Crippen molar-refractivity contribution in [2.45, 2.75) is 0 Å². The van der Waals surface area contributed by atoms with Gasteiger partial charge in [-0.15, -0.1) is 10.2 Å². The van der Waals surface area contributed by atoms with Crippen molar-refractivity contribution < 1.29 is 4.74 Å². The van der Waals surface area contributed by atoms with E-state index in [4.69, 9.17) is 4.74 Å². The smallest absolute Gasteiger partial charge is 0.227 e. The first-order valence-electron chi connectivity index (χ1n) is 10.1. The third-order valence-corrected chi connectivity index (χ3v) is 5.16. The van der Waals surface area contributed by atoms with Crippen LogP contribution in [-0.2, 0) is 11.8 Å². The predicted molar refractivity (Wildman–Crippen MR) is 118 cm³/mol. The molecular weight excluding hydrogens is 392 g/mol. The molecule has 0 amide bonds. The second-order valence-corrected chi connectivity index (χ2v) is 7.26. The van der Waals surface area contributed by atoms with Crippen molar-refractivity contribution in [1.29, 1.82) is 0 Å². The second kappa shape index (κ2) is 8.49. The number of anilines is 3. The molecule has 0 spiro atoms. The third-order valence-electron chi connectivity index (χ3n) is 5.16. The van der Waals surface area contributed by atoms with Gasteiger partial charge in [0.1, 0.15) is 6.33 Å². The number of ether oxygens (including phenoxy) is 1. The Morgan fingerprint density at radius 2 is 1.84 bits per heavy atom. The molecule has 1 aliphatic rings. The van der Waals surface area contributed by atoms with Gasteiger partial charge in [-0.1, -0.05) is 0 Å². The van der Waals surface area contributed by atoms with Crippen LogP contribution in [0.5, 0.6) is 0 Å². The van der Waals surface area contributed by atoms with Gasteiger partial charge in [-0.3, -0.25) is 4.98 Å². The number of pyridine rings is 1. The monoisotopic (exact) mass is 414 g/mol. The summed E-state index contributed by atoms with van der Waals surface area (Å²) in [5.41, 5.74) is 4.73. The summed E-state index contributed by atoms with van der Waals surface area (Å²) < 4.78 is 7.33. The quantitative estimate of drug-likeness (QED) is 0.533. The Hall–Kier alpha value is -3.85. The summed E-state index contributed by atoms with van der Waals surface area (Å²) in [5, 5.41) is 11.3. The van der Waals surface area contributed by atoms with Gasteiger partial charge in [0.05, 0.1) is 30.8 Å². The highest BCUT2D eigenvalue weighted by molar-refractivity contribution is 5.66. The molecule has 1 aliphatic heterocycles. The van der Waals surface area contributed by atoms with Crippen LogP contribution in [0.4, 0.5) is 17.3 Å². The number of nitrogens with one attached hydrogen (secondary N) is 1. The van der Waals surface area contributed by atoms with Gasteiger partial charge in [0.25, 0.3) is 0 Å². The van der Waals surface area contributed by atoms with Gasteiger partial charge in [-0.05, 0) is 36.4 Å². The van der Waals surface area contributed by atoms with Gasteiger partial charge in [0.15, 0.2) is 5.82 Å². The molecule has 5 rings (SSSR count). The number of morpholine rings is 1. The van der Waals surface area contributed by atoms with Crippen molar-refractivity contribution in [2.75, 3.05) is 36.5 Å². The zero-order valence-electron chi connectivity index (χ0n) is 17.1. The molecule has 1 N–H and O–H groups in total. The molecule has 0 radical (unpaired) electrons. The Morgan fingerprint density at radius 3 is 2.61 bits per heavy atom. The number of nitrogens with zero attached hydrogens (tertiary/aromatic N) is 7. The van der Waals surface area contributed by atoms with E-state index >= 15 is 0 Å². The van der Waals surface area contributed by atoms with Crippen LogP contribution in [0.15, 0.2) is 61.3 Å². The maximum atomic E-state index is 5.44. The van der Waals surface area contributed by atoms with Crippen LogP contribution < -0.4 is 10.2 Å². The average Bonchev–Trinajstić information content (AvgIpc) is 3.26. The summed E-state index contributed by atoms with van der Waals surface area (Å²) in [6, 6.07) is 11.9. The van der Waals surface area contributed by atoms with Crippen LogP contribution in [0.1, 0.15) is 0 Å². The van der Waals surface area contributed by atoms with E-state index < -0.39 is 0 Å². The summed E-state index contributed by atoms with van der Waals surface area (Å²) in [5.74, 6) is 1.35. The summed E-state index contributed by atoms with van der Waals surface area (Å²) in [4.78, 5) is 15.7. The number of hydrogen-bond donors (Lipinski definition) is 1. The van der Waals surface area contributed by atoms with Crippen LogP contribution in [0, 0.1) is 0 Å². The highest BCUT2D eigenvalue weighted by atomic mass is 16.5. The van der Waals surface area contributed by atoms with Crippen molar-refractivity contribution >= 4 is 17.3 Å². The SMILES string of the molecule is Cn1cnnc1-c1ccc(Nc2nccc(-c3cncc(N4CCOCC4)c3)n2)cc1. The highest BCUT2D eigenvalue weighted by Crippen LogP contribution is 2.25. The molecule has 0 saturated carbocycles. The van der Waals surface area contributed by atoms with Gasteiger partial charge < -0.3 is 19.5 Å². The minimum atomic E-state index is 0.528. The normalized spacial score (nSPS) is 13.9. The largest absolute Gasteiger partial charge is 0.378 e. The standard InChI is InChI=1S/C22H22N8O/c1-29-15-25-28-21(29)16-2-4-18(5-3-16)26-22-24-7-6-20(27-22)17-12-19(14-23-13-17)30-8-10-31-11-9-30/h2-7,12-15H,8-11H2,1H3,(H,24,26,27). The molecule has 0 unspecified atom stereocenters. The number of benzene rings is 1. The molecule has 9 heteroatoms. The minimum Gasteiger partial charge on any atom is -0.378 e. The summed E-state index contributed by atoms with van der Waals surface area (Å²) in [7, 11) is 1.92. The van der Waals surface area contributed by atoms with Crippen LogP contribution in [0.3, 0.4) is 0 Å². The van der Waals surface area contributed by atoms with Crippen molar-refractivity contribution in [2.24, 2.45) is 7.05 Å². The first kappa shape index (κ1) is 19.1. The molecule has 31 heavy (non-hydrogen) atoms. The Bertz CT molecular complexity index is 1170. The fourth-order valence-electron chi connectivity index (χ4n) is 3.52. The second-order valence-electron chi connectivity index (χ2n) is 7.26. The zero-order valence-corrected chi connectivity index (χ0v) is 17.1. The van der Waals surface area contributed by atoms with Crippen molar-refractivity contribution in [3.05, 3.63) is 61.3 Å². The molecule has 9 nitrogen and oxygen atoms in total. The maximum Gasteiger partial charge on any atom is 0.227 e. The van der Waals surface area contributed by atoms with E-state index in [1.165, 1.54) is 0 Å². The highest BCUT2D eigenvalue weighted by Gasteiger charge is 2.13. The van der Waals surface area contributed by atoms with E-state index in [1.807, 2.05) is 54.3 Å². The van der Waals surface area contributed by atoms with Gasteiger partial charge in [0.2, 0.25) is 5.95 Å². The Balaban J connectivity index is 1.34. The van der Waals surface area contributed by atoms with Crippen molar-refractivity contribution in [1.82, 2.24) is 29.7 Å². The molecule has 156 valence electrons. The number of rotatable bonds is 5. The molecule has 1 aromatic carbocycles. The predicted octanol–water partition coefficient (Wildman–Crippen LogP) is 2.91. The van der Waals surface area contributed by atoms with Crippen LogP contribution in [-0.4, -0.2) is 56.0 Å². The summed E-state index contributed by atoms with van der Waals surface area (Å²) >= 11 is 0. The fourth-order valence-corrected chi connectivity index (χ4v) is 3.52. The van der Waals surface area contributed by atoms with E-state index in [2.05, 4.69) is 41.4 Å². The van der Waals surface area contributed by atoms with E-state index in [-0.39, 0.29) is 0 Å². The van der Waals surface area contributed by atoms with Gasteiger partial charge >= 0.3 is 0 Å². The fraction of sp³-hybridized carbons (Fsp3) is 0.227. The molecule has 1 fully saturated rings. The summed E-state index contributed by atoms with van der Waals surface area (Å²) in [6.07, 6.45) is 7.14. The molecule has 0 atom stereocenters. The molecule has 0 aliphatic carbocycles. The first-order chi connectivity index (χ1) is 15.3. The first-order valence-corrected chi connectivity index (χ1v) is 10.1. The molecule has 0 bridgehead atoms. The minimum absolute atomic E-state index is 0.528. The van der Waals surface area contributed by atoms with E-state index in [0.717, 1.165) is 60.3 Å². The number of aryl methyl sites for hydroxylation is 1. The number of hydrogen-bond acceptors (Lipinski definition) is 8. The van der Waals surface area contributed by atoms with Crippen LogP contribution >= 0.6 is 0 Å². The van der Waals surface area contributed by atoms with Crippen LogP contribution in [0.25, 0.3) is 22.6 Å².